The summed E-state index contributed by atoms with van der Waals surface area (Å²) in [5, 5.41) is 9.86. The second-order valence-electron chi connectivity index (χ2n) is 4.04. The van der Waals surface area contributed by atoms with Gasteiger partial charge in [0.15, 0.2) is 5.82 Å². The van der Waals surface area contributed by atoms with Crippen LogP contribution in [0.3, 0.4) is 0 Å². The lowest BCUT2D eigenvalue weighted by molar-refractivity contribution is 0.586. The summed E-state index contributed by atoms with van der Waals surface area (Å²) >= 11 is 9.31. The molecule has 1 aromatic heterocycles. The van der Waals surface area contributed by atoms with Crippen molar-refractivity contribution in [3.8, 4) is 11.4 Å². The van der Waals surface area contributed by atoms with Gasteiger partial charge in [-0.1, -0.05) is 27.5 Å². The van der Waals surface area contributed by atoms with Crippen LogP contribution in [0.25, 0.3) is 11.4 Å². The maximum absolute atomic E-state index is 5.88. The van der Waals surface area contributed by atoms with Crippen LogP contribution in [0.2, 0.25) is 5.02 Å². The van der Waals surface area contributed by atoms with E-state index in [-0.39, 0.29) is 0 Å². The molecule has 3 nitrogen and oxygen atoms in total. The Bertz CT molecular complexity index is 505. The van der Waals surface area contributed by atoms with Gasteiger partial charge in [0.05, 0.1) is 5.33 Å². The molecule has 0 radical (unpaired) electrons. The normalized spacial score (nSPS) is 11.1. The number of halogens is 2. The minimum atomic E-state index is 0.322. The molecule has 1 heterocycles. The largest absolute Gasteiger partial charge is 0.308 e. The third kappa shape index (κ3) is 2.53. The van der Waals surface area contributed by atoms with E-state index in [4.69, 9.17) is 11.6 Å². The Morgan fingerprint density at radius 2 is 1.88 bits per heavy atom. The molecular weight excluding hydrogens is 302 g/mol. The average Bonchev–Trinajstić information content (AvgIpc) is 2.73. The number of nitrogens with zero attached hydrogens (tertiary/aromatic N) is 3. The van der Waals surface area contributed by atoms with Crippen LogP contribution in [0.5, 0.6) is 0 Å². The van der Waals surface area contributed by atoms with Crippen molar-refractivity contribution in [3.63, 3.8) is 0 Å². The quantitative estimate of drug-likeness (QED) is 0.799. The fourth-order valence-electron chi connectivity index (χ4n) is 1.75. The summed E-state index contributed by atoms with van der Waals surface area (Å²) in [7, 11) is 0. The Balaban J connectivity index is 2.51. The van der Waals surface area contributed by atoms with E-state index in [1.807, 2.05) is 24.3 Å². The first kappa shape index (κ1) is 12.6. The zero-order valence-corrected chi connectivity index (χ0v) is 12.0. The number of benzene rings is 1. The molecule has 2 aromatic rings. The molecule has 0 aliphatic rings. The van der Waals surface area contributed by atoms with Gasteiger partial charge in [0.25, 0.3) is 0 Å². The van der Waals surface area contributed by atoms with Crippen molar-refractivity contribution in [3.05, 3.63) is 35.1 Å². The number of aromatic nitrogens is 3. The summed E-state index contributed by atoms with van der Waals surface area (Å²) in [4.78, 5) is 0. The minimum absolute atomic E-state index is 0.322. The SMILES string of the molecule is CC(C)n1c(CBr)nnc1-c1ccc(Cl)cc1. The average molecular weight is 315 g/mol. The van der Waals surface area contributed by atoms with Crippen LogP contribution < -0.4 is 0 Å². The third-order valence-electron chi connectivity index (χ3n) is 2.50. The van der Waals surface area contributed by atoms with E-state index in [2.05, 4.69) is 44.5 Å². The van der Waals surface area contributed by atoms with Gasteiger partial charge in [0, 0.05) is 16.6 Å². The highest BCUT2D eigenvalue weighted by Crippen LogP contribution is 2.24. The highest BCUT2D eigenvalue weighted by atomic mass is 79.9. The monoisotopic (exact) mass is 313 g/mol. The first-order valence-corrected chi connectivity index (χ1v) is 6.89. The second-order valence-corrected chi connectivity index (χ2v) is 5.04. The summed E-state index contributed by atoms with van der Waals surface area (Å²) in [5.41, 5.74) is 1.03. The molecular formula is C12H13BrClN3. The van der Waals surface area contributed by atoms with Crippen molar-refractivity contribution < 1.29 is 0 Å². The smallest absolute Gasteiger partial charge is 0.164 e. The third-order valence-corrected chi connectivity index (χ3v) is 3.26. The van der Waals surface area contributed by atoms with Crippen molar-refractivity contribution in [2.75, 3.05) is 0 Å². The molecule has 1 aromatic carbocycles. The lowest BCUT2D eigenvalue weighted by Gasteiger charge is -2.13. The van der Waals surface area contributed by atoms with Gasteiger partial charge in [-0.3, -0.25) is 0 Å². The van der Waals surface area contributed by atoms with Crippen molar-refractivity contribution in [1.82, 2.24) is 14.8 Å². The Hall–Kier alpha value is -0.870. The molecule has 2 rings (SSSR count). The lowest BCUT2D eigenvalue weighted by Crippen LogP contribution is -2.06. The number of hydrogen-bond donors (Lipinski definition) is 0. The first-order chi connectivity index (χ1) is 8.13. The Labute approximate surface area is 114 Å². The first-order valence-electron chi connectivity index (χ1n) is 5.39. The van der Waals surface area contributed by atoms with Gasteiger partial charge in [-0.05, 0) is 38.1 Å². The highest BCUT2D eigenvalue weighted by molar-refractivity contribution is 9.08. The molecule has 0 saturated carbocycles. The van der Waals surface area contributed by atoms with Gasteiger partial charge >= 0.3 is 0 Å². The van der Waals surface area contributed by atoms with Crippen LogP contribution >= 0.6 is 27.5 Å². The van der Waals surface area contributed by atoms with Crippen molar-refractivity contribution in [1.29, 1.82) is 0 Å². The van der Waals surface area contributed by atoms with Crippen LogP contribution in [0.1, 0.15) is 25.7 Å². The van der Waals surface area contributed by atoms with Gasteiger partial charge in [0.2, 0.25) is 0 Å². The Morgan fingerprint density at radius 3 is 2.41 bits per heavy atom. The molecule has 0 saturated heterocycles. The topological polar surface area (TPSA) is 30.7 Å². The van der Waals surface area contributed by atoms with Crippen molar-refractivity contribution in [2.24, 2.45) is 0 Å². The van der Waals surface area contributed by atoms with E-state index in [0.717, 1.165) is 22.2 Å². The summed E-state index contributed by atoms with van der Waals surface area (Å²) in [6.45, 7) is 4.24. The van der Waals surface area contributed by atoms with Crippen LogP contribution in [0.15, 0.2) is 24.3 Å². The fourth-order valence-corrected chi connectivity index (χ4v) is 2.26. The molecule has 90 valence electrons. The van der Waals surface area contributed by atoms with E-state index < -0.39 is 0 Å². The molecule has 17 heavy (non-hydrogen) atoms. The zero-order chi connectivity index (χ0) is 12.4. The maximum Gasteiger partial charge on any atom is 0.164 e. The molecule has 0 aliphatic heterocycles. The van der Waals surface area contributed by atoms with Crippen LogP contribution in [-0.4, -0.2) is 14.8 Å². The lowest BCUT2D eigenvalue weighted by atomic mass is 10.2. The van der Waals surface area contributed by atoms with Gasteiger partial charge in [0.1, 0.15) is 5.82 Å². The van der Waals surface area contributed by atoms with E-state index in [1.165, 1.54) is 0 Å². The minimum Gasteiger partial charge on any atom is -0.308 e. The zero-order valence-electron chi connectivity index (χ0n) is 9.69. The maximum atomic E-state index is 5.88. The molecule has 0 aliphatic carbocycles. The molecule has 0 spiro atoms. The van der Waals surface area contributed by atoms with Gasteiger partial charge in [-0.15, -0.1) is 10.2 Å². The molecule has 5 heteroatoms. The fraction of sp³-hybridized carbons (Fsp3) is 0.333. The van der Waals surface area contributed by atoms with E-state index in [1.54, 1.807) is 0 Å². The molecule has 0 unspecified atom stereocenters. The number of hydrogen-bond acceptors (Lipinski definition) is 2. The Morgan fingerprint density at radius 1 is 1.24 bits per heavy atom. The predicted octanol–water partition coefficient (Wildman–Crippen LogP) is 4.07. The standard InChI is InChI=1S/C12H13BrClN3/c1-8(2)17-11(7-13)15-16-12(17)9-3-5-10(14)6-4-9/h3-6,8H,7H2,1-2H3. The number of alkyl halides is 1. The summed E-state index contributed by atoms with van der Waals surface area (Å²) in [6, 6.07) is 7.98. The van der Waals surface area contributed by atoms with Gasteiger partial charge in [-0.2, -0.15) is 0 Å². The van der Waals surface area contributed by atoms with Crippen molar-refractivity contribution in [2.45, 2.75) is 25.2 Å². The highest BCUT2D eigenvalue weighted by Gasteiger charge is 2.15. The molecule has 0 bridgehead atoms. The van der Waals surface area contributed by atoms with E-state index >= 15 is 0 Å². The van der Waals surface area contributed by atoms with Gasteiger partial charge < -0.3 is 4.57 Å². The predicted molar refractivity (Wildman–Crippen MR) is 73.5 cm³/mol. The van der Waals surface area contributed by atoms with Crippen LogP contribution in [0, 0.1) is 0 Å². The Kier molecular flexibility index (Phi) is 3.84. The van der Waals surface area contributed by atoms with Crippen LogP contribution in [0.4, 0.5) is 0 Å². The van der Waals surface area contributed by atoms with E-state index in [0.29, 0.717) is 11.4 Å². The van der Waals surface area contributed by atoms with Gasteiger partial charge in [-0.25, -0.2) is 0 Å². The van der Waals surface area contributed by atoms with Crippen molar-refractivity contribution >= 4 is 27.5 Å². The van der Waals surface area contributed by atoms with Crippen LogP contribution in [-0.2, 0) is 5.33 Å². The summed E-state index contributed by atoms with van der Waals surface area (Å²) in [6.07, 6.45) is 0. The summed E-state index contributed by atoms with van der Waals surface area (Å²) in [5.74, 6) is 1.82. The van der Waals surface area contributed by atoms with E-state index in [9.17, 15) is 0 Å². The number of rotatable bonds is 3. The molecule has 0 atom stereocenters. The molecule has 0 N–H and O–H groups in total. The summed E-state index contributed by atoms with van der Waals surface area (Å²) < 4.78 is 2.12. The second kappa shape index (κ2) is 5.19. The molecule has 0 amide bonds. The molecule has 0 fully saturated rings.